The molecule has 60 heavy (non-hydrogen) atoms. The van der Waals surface area contributed by atoms with Gasteiger partial charge in [0.15, 0.2) is 0 Å². The van der Waals surface area contributed by atoms with Gasteiger partial charge in [-0.05, 0) is 36.4 Å². The summed E-state index contributed by atoms with van der Waals surface area (Å²) in [4.78, 5) is 70.6. The monoisotopic (exact) mass is 834 g/mol. The summed E-state index contributed by atoms with van der Waals surface area (Å²) >= 11 is 0. The van der Waals surface area contributed by atoms with Crippen molar-refractivity contribution >= 4 is 23.7 Å². The maximum absolute atomic E-state index is 14.3. The predicted molar refractivity (Wildman–Crippen MR) is 192 cm³/mol. The number of benzene rings is 2. The van der Waals surface area contributed by atoms with Gasteiger partial charge in [0.25, 0.3) is 17.7 Å². The third kappa shape index (κ3) is 9.19. The Balaban J connectivity index is 0.000000202. The summed E-state index contributed by atoms with van der Waals surface area (Å²) in [5.74, 6) is -5.99. The molecule has 2 N–H and O–H groups in total. The van der Waals surface area contributed by atoms with E-state index in [1.165, 1.54) is 61.8 Å². The molecule has 1 aliphatic rings. The van der Waals surface area contributed by atoms with Crippen molar-refractivity contribution in [2.75, 3.05) is 7.11 Å². The maximum atomic E-state index is 14.3. The van der Waals surface area contributed by atoms with Crippen LogP contribution >= 0.6 is 0 Å². The smallest absolute Gasteiger partial charge is 0.451 e. The number of carbonyl (C=O) groups is 4. The van der Waals surface area contributed by atoms with Gasteiger partial charge in [-0.1, -0.05) is 24.3 Å². The summed E-state index contributed by atoms with van der Waals surface area (Å²) in [6, 6.07) is 14.7. The lowest BCUT2D eigenvalue weighted by Gasteiger charge is -2.15. The Kier molecular flexibility index (Phi) is 11.9. The van der Waals surface area contributed by atoms with Crippen LogP contribution in [0, 0.1) is 5.82 Å². The summed E-state index contributed by atoms with van der Waals surface area (Å²) < 4.78 is 95.2. The number of imide groups is 1. The lowest BCUT2D eigenvalue weighted by molar-refractivity contribution is -0.145. The molecule has 0 spiro atoms. The SMILES string of the molecule is COc1cnc(-c2cnc(C(F)(F)F)nc2)cc1CNC(=O)c1ccccc1C(=O)O.O=C1c2ccccc2C(=O)N1Cc1cc(-c2cnc(C(F)(F)F)nc2)ncc1F. The van der Waals surface area contributed by atoms with Crippen LogP contribution in [0.5, 0.6) is 5.75 Å². The highest BCUT2D eigenvalue weighted by atomic mass is 19.4. The van der Waals surface area contributed by atoms with Crippen LogP contribution in [0.25, 0.3) is 22.5 Å². The van der Waals surface area contributed by atoms with Crippen LogP contribution in [-0.4, -0.2) is 70.7 Å². The molecular formula is C39H25F7N8O6. The van der Waals surface area contributed by atoms with Crippen molar-refractivity contribution in [3.05, 3.63) is 149 Å². The van der Waals surface area contributed by atoms with Crippen molar-refractivity contribution in [1.82, 2.24) is 40.1 Å². The molecule has 5 heterocycles. The number of nitrogens with one attached hydrogen (secondary N) is 1. The van der Waals surface area contributed by atoms with Crippen molar-refractivity contribution in [2.24, 2.45) is 0 Å². The van der Waals surface area contributed by atoms with Crippen molar-refractivity contribution < 1.29 is 59.8 Å². The number of alkyl halides is 6. The number of rotatable bonds is 9. The van der Waals surface area contributed by atoms with E-state index in [0.29, 0.717) is 11.3 Å². The zero-order valence-electron chi connectivity index (χ0n) is 30.4. The average Bonchev–Trinajstić information content (AvgIpc) is 3.47. The Morgan fingerprint density at radius 2 is 1.15 bits per heavy atom. The number of halogens is 7. The number of pyridine rings is 2. The Morgan fingerprint density at radius 3 is 1.63 bits per heavy atom. The lowest BCUT2D eigenvalue weighted by Crippen LogP contribution is -2.29. The molecule has 0 aliphatic carbocycles. The van der Waals surface area contributed by atoms with Crippen LogP contribution < -0.4 is 10.1 Å². The topological polar surface area (TPSA) is 190 Å². The second-order valence-corrected chi connectivity index (χ2v) is 12.4. The van der Waals surface area contributed by atoms with Gasteiger partial charge in [-0.25, -0.2) is 29.1 Å². The molecule has 0 radical (unpaired) electrons. The predicted octanol–water partition coefficient (Wildman–Crippen LogP) is 6.69. The average molecular weight is 835 g/mol. The fourth-order valence-electron chi connectivity index (χ4n) is 5.63. The first-order chi connectivity index (χ1) is 28.5. The molecule has 0 saturated heterocycles. The minimum Gasteiger partial charge on any atom is -0.495 e. The fourth-order valence-corrected chi connectivity index (χ4v) is 5.63. The van der Waals surface area contributed by atoms with Crippen LogP contribution in [-0.2, 0) is 25.4 Å². The molecule has 0 fully saturated rings. The second kappa shape index (κ2) is 17.0. The van der Waals surface area contributed by atoms with E-state index in [2.05, 4.69) is 35.2 Å². The highest BCUT2D eigenvalue weighted by molar-refractivity contribution is 6.21. The molecule has 1 aliphatic heterocycles. The Hall–Kier alpha value is -7.71. The van der Waals surface area contributed by atoms with Gasteiger partial charge in [0.2, 0.25) is 11.6 Å². The molecule has 3 amide bonds. The Bertz CT molecular complexity index is 2570. The van der Waals surface area contributed by atoms with Gasteiger partial charge in [0.1, 0.15) is 11.6 Å². The van der Waals surface area contributed by atoms with Crippen molar-refractivity contribution in [2.45, 2.75) is 25.4 Å². The Labute approximate surface area is 332 Å². The molecule has 0 unspecified atom stereocenters. The van der Waals surface area contributed by atoms with Gasteiger partial charge in [0, 0.05) is 53.6 Å². The molecule has 4 aromatic heterocycles. The summed E-state index contributed by atoms with van der Waals surface area (Å²) in [6.07, 6.45) is -3.31. The van der Waals surface area contributed by atoms with Crippen LogP contribution in [0.2, 0.25) is 0 Å². The van der Waals surface area contributed by atoms with E-state index in [1.807, 2.05) is 0 Å². The van der Waals surface area contributed by atoms with Crippen molar-refractivity contribution in [1.29, 1.82) is 0 Å². The number of aromatic nitrogens is 6. The zero-order chi connectivity index (χ0) is 43.4. The highest BCUT2D eigenvalue weighted by Crippen LogP contribution is 2.30. The third-order valence-electron chi connectivity index (χ3n) is 8.55. The molecule has 0 saturated carbocycles. The van der Waals surface area contributed by atoms with Gasteiger partial charge in [-0.2, -0.15) is 26.3 Å². The van der Waals surface area contributed by atoms with Crippen LogP contribution in [0.4, 0.5) is 30.7 Å². The summed E-state index contributed by atoms with van der Waals surface area (Å²) in [5.41, 5.74) is 1.46. The van der Waals surface area contributed by atoms with Gasteiger partial charge >= 0.3 is 18.3 Å². The van der Waals surface area contributed by atoms with E-state index < -0.39 is 53.5 Å². The maximum Gasteiger partial charge on any atom is 0.451 e. The fraction of sp³-hybridized carbons (Fsp3) is 0.128. The first-order valence-electron chi connectivity index (χ1n) is 17.0. The van der Waals surface area contributed by atoms with E-state index >= 15 is 0 Å². The van der Waals surface area contributed by atoms with E-state index in [4.69, 9.17) is 4.74 Å². The molecule has 6 aromatic rings. The molecule has 0 atom stereocenters. The number of carboxylic acids is 1. The number of fused-ring (bicyclic) bond motifs is 1. The summed E-state index contributed by atoms with van der Waals surface area (Å²) in [6.45, 7) is -0.401. The van der Waals surface area contributed by atoms with Crippen molar-refractivity contribution in [3.63, 3.8) is 0 Å². The standard InChI is InChI=1S/C20H15F3N4O4.C19H10F4N4O2/c1-31-16-10-24-15(12-8-26-19(27-9-12)20(21,22)23)6-11(16)7-25-17(28)13-4-2-3-5-14(13)18(29)30;20-14-8-24-15(11-6-25-18(26-7-11)19(21,22)23)5-10(14)9-27-16(28)12-3-1-2-4-13(12)17(27)29/h2-6,8-10H,7H2,1H3,(H,25,28)(H,29,30);1-8H,9H2. The summed E-state index contributed by atoms with van der Waals surface area (Å²) in [7, 11) is 1.39. The first-order valence-corrected chi connectivity index (χ1v) is 17.0. The Morgan fingerprint density at radius 1 is 0.683 bits per heavy atom. The number of nitrogens with zero attached hydrogens (tertiary/aromatic N) is 7. The number of aromatic carboxylic acids is 1. The number of carboxylic acid groups (broad SMARTS) is 1. The quantitative estimate of drug-likeness (QED) is 0.116. The number of ether oxygens (including phenoxy) is 1. The normalized spacial score (nSPS) is 12.4. The highest BCUT2D eigenvalue weighted by Gasteiger charge is 2.37. The van der Waals surface area contributed by atoms with Gasteiger partial charge in [0.05, 0.1) is 59.7 Å². The van der Waals surface area contributed by atoms with Crippen LogP contribution in [0.15, 0.2) is 97.8 Å². The molecular weight excluding hydrogens is 809 g/mol. The number of carbonyl (C=O) groups excluding carboxylic acids is 3. The number of methoxy groups -OCH3 is 1. The van der Waals surface area contributed by atoms with Crippen molar-refractivity contribution in [3.8, 4) is 28.3 Å². The zero-order valence-corrected chi connectivity index (χ0v) is 30.4. The molecule has 306 valence electrons. The lowest BCUT2D eigenvalue weighted by atomic mass is 10.1. The van der Waals surface area contributed by atoms with Gasteiger partial charge in [-0.3, -0.25) is 29.3 Å². The second-order valence-electron chi connectivity index (χ2n) is 12.4. The van der Waals surface area contributed by atoms with Crippen LogP contribution in [0.3, 0.4) is 0 Å². The van der Waals surface area contributed by atoms with Crippen LogP contribution in [0.1, 0.15) is 64.2 Å². The number of hydrogen-bond acceptors (Lipinski definition) is 11. The molecule has 21 heteroatoms. The minimum atomic E-state index is -4.69. The van der Waals surface area contributed by atoms with E-state index in [0.717, 1.165) is 35.9 Å². The molecule has 0 bridgehead atoms. The molecule has 2 aromatic carbocycles. The van der Waals surface area contributed by atoms with Gasteiger partial charge < -0.3 is 15.2 Å². The van der Waals surface area contributed by atoms with E-state index in [1.54, 1.807) is 12.1 Å². The largest absolute Gasteiger partial charge is 0.495 e. The van der Waals surface area contributed by atoms with E-state index in [9.17, 15) is 55.0 Å². The van der Waals surface area contributed by atoms with E-state index in [-0.39, 0.29) is 63.4 Å². The first kappa shape index (κ1) is 41.9. The van der Waals surface area contributed by atoms with Gasteiger partial charge in [-0.15, -0.1) is 0 Å². The minimum absolute atomic E-state index is 0.0145. The number of hydrogen-bond donors (Lipinski definition) is 2. The third-order valence-corrected chi connectivity index (χ3v) is 8.55. The number of amides is 3. The molecule has 7 rings (SSSR count). The summed E-state index contributed by atoms with van der Waals surface area (Å²) in [5, 5.41) is 11.8. The molecule has 14 nitrogen and oxygen atoms in total.